The van der Waals surface area contributed by atoms with Crippen molar-refractivity contribution in [2.45, 2.75) is 40.0 Å². The van der Waals surface area contributed by atoms with E-state index in [0.717, 1.165) is 5.56 Å². The highest BCUT2D eigenvalue weighted by molar-refractivity contribution is 5.98. The molecule has 2 atom stereocenters. The van der Waals surface area contributed by atoms with Gasteiger partial charge in [-0.15, -0.1) is 0 Å². The van der Waals surface area contributed by atoms with Crippen molar-refractivity contribution in [3.05, 3.63) is 35.9 Å². The molecule has 1 aromatic rings. The van der Waals surface area contributed by atoms with Gasteiger partial charge in [-0.05, 0) is 24.2 Å². The first kappa shape index (κ1) is 12.3. The van der Waals surface area contributed by atoms with Crippen molar-refractivity contribution in [1.82, 2.24) is 0 Å². The van der Waals surface area contributed by atoms with Gasteiger partial charge in [0.05, 0.1) is 0 Å². The summed E-state index contributed by atoms with van der Waals surface area (Å²) in [5.41, 5.74) is 1.02. The highest BCUT2D eigenvalue weighted by Gasteiger charge is 2.41. The zero-order valence-electron chi connectivity index (χ0n) is 11.1. The minimum atomic E-state index is 0.143. The van der Waals surface area contributed by atoms with Crippen LogP contribution < -0.4 is 0 Å². The second-order valence-corrected chi connectivity index (χ2v) is 6.07. The zero-order valence-corrected chi connectivity index (χ0v) is 11.1. The summed E-state index contributed by atoms with van der Waals surface area (Å²) in [7, 11) is 0. The molecule has 1 aromatic carbocycles. The van der Waals surface area contributed by atoms with Crippen LogP contribution in [0, 0.1) is 17.3 Å². The molecule has 0 bridgehead atoms. The third-order valence-electron chi connectivity index (χ3n) is 4.23. The van der Waals surface area contributed by atoms with Gasteiger partial charge in [-0.1, -0.05) is 57.5 Å². The first-order valence-corrected chi connectivity index (χ1v) is 6.61. The minimum absolute atomic E-state index is 0.143. The molecule has 1 saturated carbocycles. The summed E-state index contributed by atoms with van der Waals surface area (Å²) in [4.78, 5) is 12.6. The molecule has 0 amide bonds. The average molecular weight is 230 g/mol. The number of Topliss-reactive ketones (excluding diaryl/α,β-unsaturated/α-hetero) is 1. The molecule has 1 nitrogen and oxygen atoms in total. The van der Waals surface area contributed by atoms with Gasteiger partial charge in [0.25, 0.3) is 0 Å². The number of ketones is 1. The number of benzene rings is 1. The van der Waals surface area contributed by atoms with Crippen LogP contribution in [-0.2, 0) is 0 Å². The van der Waals surface area contributed by atoms with E-state index in [2.05, 4.69) is 20.8 Å². The van der Waals surface area contributed by atoms with E-state index in [0.29, 0.717) is 11.7 Å². The van der Waals surface area contributed by atoms with Crippen LogP contribution in [0.3, 0.4) is 0 Å². The third-order valence-corrected chi connectivity index (χ3v) is 4.23. The molecule has 0 radical (unpaired) electrons. The number of hydrogen-bond donors (Lipinski definition) is 0. The van der Waals surface area contributed by atoms with Crippen molar-refractivity contribution in [1.29, 1.82) is 0 Å². The fourth-order valence-corrected chi connectivity index (χ4v) is 3.37. The summed E-state index contributed by atoms with van der Waals surface area (Å²) in [5, 5.41) is 0. The summed E-state index contributed by atoms with van der Waals surface area (Å²) in [6.07, 6.45) is 3.61. The number of rotatable bonds is 2. The molecule has 0 aliphatic heterocycles. The van der Waals surface area contributed by atoms with E-state index in [9.17, 15) is 4.79 Å². The third kappa shape index (κ3) is 2.43. The SMILES string of the molecule is C[C@H]1CCCC(C)(C)[C@@H]1C(=O)c1ccccc1. The molecule has 1 heteroatoms. The lowest BCUT2D eigenvalue weighted by atomic mass is 9.62. The monoisotopic (exact) mass is 230 g/mol. The van der Waals surface area contributed by atoms with Gasteiger partial charge in [0.2, 0.25) is 0 Å². The summed E-state index contributed by atoms with van der Waals surface area (Å²) < 4.78 is 0. The van der Waals surface area contributed by atoms with Crippen molar-refractivity contribution in [2.24, 2.45) is 17.3 Å². The Kier molecular flexibility index (Phi) is 3.37. The Labute approximate surface area is 104 Å². The van der Waals surface area contributed by atoms with Crippen molar-refractivity contribution in [2.75, 3.05) is 0 Å². The maximum absolute atomic E-state index is 12.6. The second kappa shape index (κ2) is 4.64. The molecule has 0 N–H and O–H groups in total. The Morgan fingerprint density at radius 1 is 1.24 bits per heavy atom. The van der Waals surface area contributed by atoms with Gasteiger partial charge in [-0.3, -0.25) is 4.79 Å². The van der Waals surface area contributed by atoms with Crippen molar-refractivity contribution >= 4 is 5.78 Å². The average Bonchev–Trinajstić information content (AvgIpc) is 2.28. The highest BCUT2D eigenvalue weighted by Crippen LogP contribution is 2.45. The van der Waals surface area contributed by atoms with Crippen LogP contribution in [0.15, 0.2) is 30.3 Å². The van der Waals surface area contributed by atoms with Crippen LogP contribution in [-0.4, -0.2) is 5.78 Å². The molecule has 0 spiro atoms. The molecule has 17 heavy (non-hydrogen) atoms. The topological polar surface area (TPSA) is 17.1 Å². The molecular formula is C16H22O. The predicted molar refractivity (Wildman–Crippen MR) is 71.1 cm³/mol. The van der Waals surface area contributed by atoms with E-state index in [4.69, 9.17) is 0 Å². The highest BCUT2D eigenvalue weighted by atomic mass is 16.1. The molecule has 0 saturated heterocycles. The van der Waals surface area contributed by atoms with Crippen LogP contribution in [0.2, 0.25) is 0 Å². The smallest absolute Gasteiger partial charge is 0.166 e. The Morgan fingerprint density at radius 2 is 1.88 bits per heavy atom. The second-order valence-electron chi connectivity index (χ2n) is 6.07. The van der Waals surface area contributed by atoms with E-state index >= 15 is 0 Å². The Balaban J connectivity index is 2.28. The maximum Gasteiger partial charge on any atom is 0.166 e. The lowest BCUT2D eigenvalue weighted by Crippen LogP contribution is -2.39. The van der Waals surface area contributed by atoms with Crippen LogP contribution >= 0.6 is 0 Å². The van der Waals surface area contributed by atoms with Gasteiger partial charge in [0.1, 0.15) is 0 Å². The van der Waals surface area contributed by atoms with Crippen LogP contribution in [0.4, 0.5) is 0 Å². The number of hydrogen-bond acceptors (Lipinski definition) is 1. The molecule has 2 rings (SSSR count). The van der Waals surface area contributed by atoms with Gasteiger partial charge in [0, 0.05) is 11.5 Å². The first-order chi connectivity index (χ1) is 8.02. The van der Waals surface area contributed by atoms with Crippen LogP contribution in [0.5, 0.6) is 0 Å². The zero-order chi connectivity index (χ0) is 12.5. The lowest BCUT2D eigenvalue weighted by Gasteiger charge is -2.41. The van der Waals surface area contributed by atoms with E-state index in [-0.39, 0.29) is 11.3 Å². The van der Waals surface area contributed by atoms with Gasteiger partial charge in [-0.2, -0.15) is 0 Å². The van der Waals surface area contributed by atoms with Crippen molar-refractivity contribution < 1.29 is 4.79 Å². The standard InChI is InChI=1S/C16H22O/c1-12-8-7-11-16(2,3)14(12)15(17)13-9-5-4-6-10-13/h4-6,9-10,12,14H,7-8,11H2,1-3H3/t12-,14-/m0/s1. The molecular weight excluding hydrogens is 208 g/mol. The summed E-state index contributed by atoms with van der Waals surface area (Å²) in [5.74, 6) is 1.02. The summed E-state index contributed by atoms with van der Waals surface area (Å²) in [6.45, 7) is 6.72. The van der Waals surface area contributed by atoms with Gasteiger partial charge in [-0.25, -0.2) is 0 Å². The Morgan fingerprint density at radius 3 is 2.47 bits per heavy atom. The Hall–Kier alpha value is -1.11. The predicted octanol–water partition coefficient (Wildman–Crippen LogP) is 4.33. The van der Waals surface area contributed by atoms with Crippen LogP contribution in [0.25, 0.3) is 0 Å². The fourth-order valence-electron chi connectivity index (χ4n) is 3.37. The molecule has 92 valence electrons. The molecule has 1 aliphatic carbocycles. The Bertz CT molecular complexity index is 391. The summed E-state index contributed by atoms with van der Waals surface area (Å²) >= 11 is 0. The van der Waals surface area contributed by atoms with Crippen LogP contribution in [0.1, 0.15) is 50.4 Å². The van der Waals surface area contributed by atoms with Gasteiger partial charge >= 0.3 is 0 Å². The number of carbonyl (C=O) groups excluding carboxylic acids is 1. The molecule has 1 aliphatic rings. The molecule has 0 heterocycles. The normalized spacial score (nSPS) is 27.7. The first-order valence-electron chi connectivity index (χ1n) is 6.61. The number of carbonyl (C=O) groups is 1. The van der Waals surface area contributed by atoms with E-state index in [1.165, 1.54) is 19.3 Å². The van der Waals surface area contributed by atoms with E-state index in [1.807, 2.05) is 30.3 Å². The van der Waals surface area contributed by atoms with Crippen molar-refractivity contribution in [3.63, 3.8) is 0 Å². The van der Waals surface area contributed by atoms with Crippen molar-refractivity contribution in [3.8, 4) is 0 Å². The quantitative estimate of drug-likeness (QED) is 0.691. The fraction of sp³-hybridized carbons (Fsp3) is 0.562. The van der Waals surface area contributed by atoms with E-state index < -0.39 is 0 Å². The van der Waals surface area contributed by atoms with Gasteiger partial charge in [0.15, 0.2) is 5.78 Å². The summed E-state index contributed by atoms with van der Waals surface area (Å²) in [6, 6.07) is 9.76. The molecule has 0 unspecified atom stereocenters. The minimum Gasteiger partial charge on any atom is -0.294 e. The molecule has 1 fully saturated rings. The lowest BCUT2D eigenvalue weighted by molar-refractivity contribution is 0.0539. The maximum atomic E-state index is 12.6. The van der Waals surface area contributed by atoms with Gasteiger partial charge < -0.3 is 0 Å². The largest absolute Gasteiger partial charge is 0.294 e. The molecule has 0 aromatic heterocycles. The van der Waals surface area contributed by atoms with E-state index in [1.54, 1.807) is 0 Å².